The van der Waals surface area contributed by atoms with Crippen molar-refractivity contribution >= 4 is 17.5 Å². The Morgan fingerprint density at radius 1 is 1.00 bits per heavy atom. The second-order valence-corrected chi connectivity index (χ2v) is 8.35. The van der Waals surface area contributed by atoms with Gasteiger partial charge < -0.3 is 16.0 Å². The molecule has 0 radical (unpaired) electrons. The van der Waals surface area contributed by atoms with Gasteiger partial charge >= 0.3 is 0 Å². The van der Waals surface area contributed by atoms with E-state index in [-0.39, 0.29) is 17.2 Å². The largest absolute Gasteiger partial charge is 0.334 e. The normalized spacial score (nSPS) is 11.2. The van der Waals surface area contributed by atoms with Gasteiger partial charge in [0, 0.05) is 38.7 Å². The van der Waals surface area contributed by atoms with Crippen molar-refractivity contribution in [3.05, 3.63) is 65.2 Å². The second-order valence-electron chi connectivity index (χ2n) is 8.35. The number of hydrogen-bond donors (Lipinski definition) is 2. The first-order chi connectivity index (χ1) is 13.2. The Morgan fingerprint density at radius 2 is 1.68 bits per heavy atom. The summed E-state index contributed by atoms with van der Waals surface area (Å²) < 4.78 is 0. The van der Waals surface area contributed by atoms with Gasteiger partial charge in [0.1, 0.15) is 0 Å². The van der Waals surface area contributed by atoms with E-state index >= 15 is 0 Å². The van der Waals surface area contributed by atoms with Gasteiger partial charge in [-0.1, -0.05) is 63.2 Å². The van der Waals surface area contributed by atoms with E-state index in [0.717, 1.165) is 22.4 Å². The highest BCUT2D eigenvalue weighted by atomic mass is 16.2. The Balaban J connectivity index is 2.30. The van der Waals surface area contributed by atoms with Crippen LogP contribution in [0.5, 0.6) is 0 Å². The predicted molar refractivity (Wildman–Crippen MR) is 113 cm³/mol. The molecule has 0 aliphatic heterocycles. The summed E-state index contributed by atoms with van der Waals surface area (Å²) in [5.74, 6) is -0.0426. The summed E-state index contributed by atoms with van der Waals surface area (Å²) in [6.07, 6.45) is 0.450. The Kier molecular flexibility index (Phi) is 7.35. The minimum atomic E-state index is -0.129. The van der Waals surface area contributed by atoms with E-state index in [0.29, 0.717) is 26.1 Å². The molecule has 3 N–H and O–H groups in total. The van der Waals surface area contributed by atoms with Gasteiger partial charge in [0.05, 0.1) is 0 Å². The highest BCUT2D eigenvalue weighted by molar-refractivity contribution is 5.89. The lowest BCUT2D eigenvalue weighted by Crippen LogP contribution is -2.33. The molecule has 5 heteroatoms. The van der Waals surface area contributed by atoms with Crippen LogP contribution in [-0.2, 0) is 29.2 Å². The fourth-order valence-corrected chi connectivity index (χ4v) is 3.05. The fourth-order valence-electron chi connectivity index (χ4n) is 3.05. The van der Waals surface area contributed by atoms with Gasteiger partial charge in [-0.2, -0.15) is 0 Å². The lowest BCUT2D eigenvalue weighted by Gasteiger charge is -2.28. The molecule has 0 heterocycles. The van der Waals surface area contributed by atoms with Gasteiger partial charge in [0.15, 0.2) is 0 Å². The van der Waals surface area contributed by atoms with Crippen LogP contribution in [0.25, 0.3) is 0 Å². The third-order valence-electron chi connectivity index (χ3n) is 4.32. The summed E-state index contributed by atoms with van der Waals surface area (Å²) in [7, 11) is 0. The molecule has 0 atom stereocenters. The van der Waals surface area contributed by atoms with Crippen LogP contribution < -0.4 is 11.1 Å². The van der Waals surface area contributed by atoms with Gasteiger partial charge in [0.2, 0.25) is 11.8 Å². The quantitative estimate of drug-likeness (QED) is 0.759. The monoisotopic (exact) mass is 381 g/mol. The molecule has 28 heavy (non-hydrogen) atoms. The molecular formula is C23H31N3O2. The smallest absolute Gasteiger partial charge is 0.223 e. The van der Waals surface area contributed by atoms with Crippen molar-refractivity contribution in [1.82, 2.24) is 4.90 Å². The third kappa shape index (κ3) is 6.82. The summed E-state index contributed by atoms with van der Waals surface area (Å²) in [6, 6.07) is 15.6. The molecule has 0 unspecified atom stereocenters. The van der Waals surface area contributed by atoms with Crippen LogP contribution in [0.1, 0.15) is 50.8 Å². The van der Waals surface area contributed by atoms with Crippen molar-refractivity contribution in [2.75, 3.05) is 5.32 Å². The van der Waals surface area contributed by atoms with Crippen molar-refractivity contribution in [3.63, 3.8) is 0 Å². The maximum absolute atomic E-state index is 13.1. The Morgan fingerprint density at radius 3 is 2.32 bits per heavy atom. The van der Waals surface area contributed by atoms with E-state index < -0.39 is 0 Å². The Labute approximate surface area is 167 Å². The van der Waals surface area contributed by atoms with E-state index in [1.165, 1.54) is 6.92 Å². The maximum Gasteiger partial charge on any atom is 0.223 e. The number of benzene rings is 2. The number of hydrogen-bond acceptors (Lipinski definition) is 3. The van der Waals surface area contributed by atoms with E-state index in [4.69, 9.17) is 5.73 Å². The summed E-state index contributed by atoms with van der Waals surface area (Å²) in [6.45, 7) is 9.05. The molecule has 150 valence electrons. The van der Waals surface area contributed by atoms with Crippen molar-refractivity contribution in [1.29, 1.82) is 0 Å². The van der Waals surface area contributed by atoms with Gasteiger partial charge in [-0.05, 0) is 28.2 Å². The van der Waals surface area contributed by atoms with E-state index in [2.05, 4.69) is 26.1 Å². The zero-order valence-corrected chi connectivity index (χ0v) is 17.3. The fraction of sp³-hybridized carbons (Fsp3) is 0.391. The van der Waals surface area contributed by atoms with Gasteiger partial charge in [-0.15, -0.1) is 0 Å². The molecule has 2 amide bonds. The van der Waals surface area contributed by atoms with Crippen LogP contribution in [0.15, 0.2) is 48.5 Å². The molecule has 2 aromatic rings. The summed E-state index contributed by atoms with van der Waals surface area (Å²) in [4.78, 5) is 26.4. The zero-order valence-electron chi connectivity index (χ0n) is 17.3. The first-order valence-corrected chi connectivity index (χ1v) is 9.59. The van der Waals surface area contributed by atoms with E-state index in [1.807, 2.05) is 53.4 Å². The van der Waals surface area contributed by atoms with E-state index in [1.54, 1.807) is 0 Å². The van der Waals surface area contributed by atoms with Crippen LogP contribution in [0.2, 0.25) is 0 Å². The molecule has 0 bridgehead atoms. The molecular weight excluding hydrogens is 350 g/mol. The third-order valence-corrected chi connectivity index (χ3v) is 4.32. The lowest BCUT2D eigenvalue weighted by atomic mass is 9.91. The zero-order chi connectivity index (χ0) is 20.7. The number of nitrogens with two attached hydrogens (primary N) is 1. The van der Waals surface area contributed by atoms with Gasteiger partial charge in [-0.3, -0.25) is 9.59 Å². The highest BCUT2D eigenvalue weighted by Crippen LogP contribution is 2.24. The molecule has 0 saturated heterocycles. The Bertz CT molecular complexity index is 825. The number of nitrogens with zero attached hydrogens (tertiary/aromatic N) is 1. The topological polar surface area (TPSA) is 75.4 Å². The maximum atomic E-state index is 13.1. The van der Waals surface area contributed by atoms with Crippen molar-refractivity contribution in [2.45, 2.75) is 53.8 Å². The molecule has 0 fully saturated rings. The first kappa shape index (κ1) is 21.6. The molecule has 0 aliphatic rings. The van der Waals surface area contributed by atoms with Crippen molar-refractivity contribution in [3.8, 4) is 0 Å². The summed E-state index contributed by atoms with van der Waals surface area (Å²) in [5.41, 5.74) is 9.39. The Hall–Kier alpha value is -2.66. The SMILES string of the molecule is CC(=O)Nc1ccccc1CN(Cc1cccc(CN)c1)C(=O)CC(C)(C)C. The molecule has 0 aromatic heterocycles. The predicted octanol–water partition coefficient (Wildman–Crippen LogP) is 4.07. The molecule has 2 aromatic carbocycles. The average Bonchev–Trinajstić information content (AvgIpc) is 2.61. The van der Waals surface area contributed by atoms with Crippen LogP contribution in [0.3, 0.4) is 0 Å². The molecule has 5 nitrogen and oxygen atoms in total. The van der Waals surface area contributed by atoms with Gasteiger partial charge in [0.25, 0.3) is 0 Å². The number of anilines is 1. The molecule has 0 aliphatic carbocycles. The number of para-hydroxylation sites is 1. The van der Waals surface area contributed by atoms with Crippen molar-refractivity contribution in [2.24, 2.45) is 11.1 Å². The lowest BCUT2D eigenvalue weighted by molar-refractivity contribution is -0.134. The summed E-state index contributed by atoms with van der Waals surface area (Å²) in [5, 5.41) is 2.85. The van der Waals surface area contributed by atoms with Crippen LogP contribution in [-0.4, -0.2) is 16.7 Å². The molecule has 0 saturated carbocycles. The molecule has 0 spiro atoms. The van der Waals surface area contributed by atoms with E-state index in [9.17, 15) is 9.59 Å². The van der Waals surface area contributed by atoms with Crippen molar-refractivity contribution < 1.29 is 9.59 Å². The average molecular weight is 382 g/mol. The van der Waals surface area contributed by atoms with Crippen LogP contribution in [0, 0.1) is 5.41 Å². The molecule has 2 rings (SSSR count). The van der Waals surface area contributed by atoms with Gasteiger partial charge in [-0.25, -0.2) is 0 Å². The highest BCUT2D eigenvalue weighted by Gasteiger charge is 2.22. The number of amides is 2. The number of carbonyl (C=O) groups excluding carboxylic acids is 2. The number of carbonyl (C=O) groups is 2. The minimum Gasteiger partial charge on any atom is -0.334 e. The summed E-state index contributed by atoms with van der Waals surface area (Å²) >= 11 is 0. The second kappa shape index (κ2) is 9.51. The number of nitrogens with one attached hydrogen (secondary N) is 1. The standard InChI is InChI=1S/C23H31N3O2/c1-17(27)25-21-11-6-5-10-20(21)16-26(22(28)13-23(2,3)4)15-19-9-7-8-18(12-19)14-24/h5-12H,13-16,24H2,1-4H3,(H,25,27). The van der Waals surface area contributed by atoms with Crippen LogP contribution >= 0.6 is 0 Å². The van der Waals surface area contributed by atoms with Crippen LogP contribution in [0.4, 0.5) is 5.69 Å². The number of rotatable bonds is 7. The minimum absolute atomic E-state index is 0.0864. The first-order valence-electron chi connectivity index (χ1n) is 9.59.